The van der Waals surface area contributed by atoms with Crippen molar-refractivity contribution in [2.75, 3.05) is 24.5 Å². The van der Waals surface area contributed by atoms with Gasteiger partial charge in [-0.1, -0.05) is 53.5 Å². The number of hydrogen-bond donors (Lipinski definition) is 0. The number of rotatable bonds is 13. The molecule has 1 amide bonds. The first kappa shape index (κ1) is 41.1. The van der Waals surface area contributed by atoms with Crippen LogP contribution in [0.3, 0.4) is 0 Å². The zero-order chi connectivity index (χ0) is 38.5. The average molecular weight is 817 g/mol. The number of piperidine rings is 3. The van der Waals surface area contributed by atoms with Crippen molar-refractivity contribution in [1.29, 1.82) is 0 Å². The topological polar surface area (TPSA) is 122 Å². The summed E-state index contributed by atoms with van der Waals surface area (Å²) in [4.78, 5) is 34.1. The van der Waals surface area contributed by atoms with Gasteiger partial charge in [0.05, 0.1) is 23.9 Å². The van der Waals surface area contributed by atoms with Crippen LogP contribution in [-0.4, -0.2) is 60.9 Å². The number of para-hydroxylation sites is 1. The van der Waals surface area contributed by atoms with Crippen LogP contribution < -0.4 is 19.4 Å². The molecule has 2 bridgehead atoms. The van der Waals surface area contributed by atoms with Gasteiger partial charge in [0, 0.05) is 18.5 Å². The zero-order valence-electron chi connectivity index (χ0n) is 30.4. The summed E-state index contributed by atoms with van der Waals surface area (Å²) in [5.74, 6) is -1.10. The van der Waals surface area contributed by atoms with Gasteiger partial charge in [0.1, 0.15) is 28.1 Å². The Kier molecular flexibility index (Phi) is 13.6. The summed E-state index contributed by atoms with van der Waals surface area (Å²) in [6.07, 6.45) is 6.27. The number of benzene rings is 3. The van der Waals surface area contributed by atoms with Crippen LogP contribution in [0.25, 0.3) is 0 Å². The molecular formula is C41H42Cl2F3N3O7. The molecule has 56 heavy (non-hydrogen) atoms. The maximum absolute atomic E-state index is 15.2. The number of amides is 1. The number of carbonyl (C=O) groups excluding carboxylic acids is 2. The molecule has 298 valence electrons. The molecule has 1 saturated carbocycles. The molecule has 4 heterocycles. The van der Waals surface area contributed by atoms with Crippen LogP contribution in [0.15, 0.2) is 79.1 Å². The summed E-state index contributed by atoms with van der Waals surface area (Å²) >= 11 is 13.0. The fraction of sp³-hybridized carbons (Fsp3) is 0.390. The quantitative estimate of drug-likeness (QED) is 0.123. The summed E-state index contributed by atoms with van der Waals surface area (Å²) in [6, 6.07) is 16.9. The maximum atomic E-state index is 15.2. The lowest BCUT2D eigenvalue weighted by molar-refractivity contribution is -0.377. The van der Waals surface area contributed by atoms with Crippen molar-refractivity contribution in [1.82, 2.24) is 4.90 Å². The van der Waals surface area contributed by atoms with Gasteiger partial charge in [0.2, 0.25) is 0 Å². The molecule has 0 spiro atoms. The van der Waals surface area contributed by atoms with E-state index >= 15 is 4.39 Å². The van der Waals surface area contributed by atoms with Gasteiger partial charge in [-0.3, -0.25) is 9.80 Å². The minimum absolute atomic E-state index is 0. The molecule has 3 saturated heterocycles. The predicted octanol–water partition coefficient (Wildman–Crippen LogP) is 9.07. The highest BCUT2D eigenvalue weighted by atomic mass is 35.5. The SMILES string of the molecule is O=C(O[C@@H](Cc1c(Cl)c[nH+]cc1Cl)c1ccc(OC(F)F)c(OC2CCCC2)c1)c1cccc(CN(C(=O)O[C@H]2CN3CCC2CC3)c2ccccc2F)c1.[OH-]. The first-order valence-corrected chi connectivity index (χ1v) is 19.2. The number of halogens is 5. The Hall–Kier alpha value is -4.56. The number of H-pyrrole nitrogens is 1. The van der Waals surface area contributed by atoms with Crippen LogP contribution in [0.1, 0.15) is 71.7 Å². The molecule has 1 aromatic heterocycles. The number of carbonyl (C=O) groups is 2. The third-order valence-corrected chi connectivity index (χ3v) is 11.2. The number of anilines is 1. The molecule has 15 heteroatoms. The van der Waals surface area contributed by atoms with Gasteiger partial charge in [-0.25, -0.2) is 19.0 Å². The van der Waals surface area contributed by atoms with Gasteiger partial charge in [-0.2, -0.15) is 8.78 Å². The van der Waals surface area contributed by atoms with Gasteiger partial charge in [-0.15, -0.1) is 0 Å². The number of nitrogens with one attached hydrogen (secondary N) is 1. The third kappa shape index (κ3) is 9.87. The van der Waals surface area contributed by atoms with E-state index in [1.54, 1.807) is 48.8 Å². The Balaban J connectivity index is 0.00000532. The Bertz CT molecular complexity index is 1980. The van der Waals surface area contributed by atoms with Crippen LogP contribution >= 0.6 is 23.2 Å². The lowest BCUT2D eigenvalue weighted by atomic mass is 9.86. The Morgan fingerprint density at radius 1 is 0.911 bits per heavy atom. The first-order chi connectivity index (χ1) is 26.6. The molecule has 4 fully saturated rings. The van der Waals surface area contributed by atoms with Crippen molar-refractivity contribution in [3.05, 3.63) is 117 Å². The maximum Gasteiger partial charge on any atom is 0.415 e. The van der Waals surface area contributed by atoms with E-state index in [9.17, 15) is 18.4 Å². The molecular weight excluding hydrogens is 774 g/mol. The summed E-state index contributed by atoms with van der Waals surface area (Å²) in [5.41, 5.74) is 1.64. The highest BCUT2D eigenvalue weighted by Crippen LogP contribution is 2.38. The lowest BCUT2D eigenvalue weighted by Crippen LogP contribution is -2.53. The number of nitrogens with zero attached hydrogens (tertiary/aromatic N) is 2. The highest BCUT2D eigenvalue weighted by molar-refractivity contribution is 6.35. The first-order valence-electron chi connectivity index (χ1n) is 18.5. The van der Waals surface area contributed by atoms with E-state index in [0.717, 1.165) is 51.6 Å². The van der Waals surface area contributed by atoms with E-state index in [-0.39, 0.29) is 59.3 Å². The summed E-state index contributed by atoms with van der Waals surface area (Å²) in [5, 5.41) is 0.600. The third-order valence-electron chi connectivity index (χ3n) is 10.5. The number of hydrogen-bond acceptors (Lipinski definition) is 8. The number of esters is 1. The standard InChI is InChI=1S/C41H40Cl2F3N3O6.H2O/c42-31-21-47-22-32(43)30(31)20-36(27-12-13-35(54-40(45)46)37(19-27)52-29-8-1-2-9-29)53-39(50)28-7-5-6-25(18-28)23-49(34-11-4-3-10-33(34)44)41(51)55-38-24-48-16-14-26(38)15-17-48;/h3-7,10-13,18-19,21-22,26,29,36,38,40H,1-2,8-9,14-17,20,23-24H2;1H2/t36-,38-;/m0./s1. The average Bonchev–Trinajstić information content (AvgIpc) is 3.69. The van der Waals surface area contributed by atoms with Crippen LogP contribution in [0, 0.1) is 11.7 Å². The fourth-order valence-electron chi connectivity index (χ4n) is 7.61. The minimum atomic E-state index is -3.08. The van der Waals surface area contributed by atoms with E-state index in [2.05, 4.69) is 9.88 Å². The van der Waals surface area contributed by atoms with Gasteiger partial charge in [-0.05, 0) is 105 Å². The van der Waals surface area contributed by atoms with Crippen molar-refractivity contribution < 1.29 is 52.2 Å². The summed E-state index contributed by atoms with van der Waals surface area (Å²) in [7, 11) is 0. The zero-order valence-corrected chi connectivity index (χ0v) is 31.9. The second-order valence-electron chi connectivity index (χ2n) is 14.1. The Labute approximate surface area is 332 Å². The van der Waals surface area contributed by atoms with Crippen molar-refractivity contribution in [3.63, 3.8) is 0 Å². The second kappa shape index (κ2) is 18.6. The number of fused-ring (bicyclic) bond motifs is 3. The van der Waals surface area contributed by atoms with E-state index in [0.29, 0.717) is 33.3 Å². The number of pyridine rings is 1. The van der Waals surface area contributed by atoms with Crippen LogP contribution in [0.4, 0.5) is 23.7 Å². The van der Waals surface area contributed by atoms with Crippen LogP contribution in [0.5, 0.6) is 11.5 Å². The number of alkyl halides is 2. The fourth-order valence-corrected chi connectivity index (χ4v) is 8.15. The smallest absolute Gasteiger partial charge is 0.415 e. The molecule has 0 radical (unpaired) electrons. The van der Waals surface area contributed by atoms with Gasteiger partial charge >= 0.3 is 18.7 Å². The van der Waals surface area contributed by atoms with Gasteiger partial charge in [0.25, 0.3) is 0 Å². The predicted molar refractivity (Wildman–Crippen MR) is 201 cm³/mol. The van der Waals surface area contributed by atoms with Crippen molar-refractivity contribution in [2.45, 2.75) is 76.4 Å². The molecule has 3 aromatic carbocycles. The van der Waals surface area contributed by atoms with Crippen LogP contribution in [-0.2, 0) is 22.4 Å². The minimum Gasteiger partial charge on any atom is -0.870 e. The highest BCUT2D eigenvalue weighted by Gasteiger charge is 2.38. The Morgan fingerprint density at radius 2 is 1.64 bits per heavy atom. The van der Waals surface area contributed by atoms with Crippen molar-refractivity contribution in [2.24, 2.45) is 5.92 Å². The Morgan fingerprint density at radius 3 is 2.32 bits per heavy atom. The molecule has 4 aliphatic rings. The largest absolute Gasteiger partial charge is 0.870 e. The molecule has 4 aromatic rings. The number of aromatic nitrogens is 1. The molecule has 10 nitrogen and oxygen atoms in total. The van der Waals surface area contributed by atoms with Crippen molar-refractivity contribution in [3.8, 4) is 11.5 Å². The summed E-state index contributed by atoms with van der Waals surface area (Å²) < 4.78 is 65.0. The van der Waals surface area contributed by atoms with E-state index in [4.69, 9.17) is 42.1 Å². The van der Waals surface area contributed by atoms with Crippen LogP contribution in [0.2, 0.25) is 10.0 Å². The molecule has 1 aliphatic carbocycles. The number of ether oxygens (including phenoxy) is 4. The number of aromatic amines is 1. The van der Waals surface area contributed by atoms with E-state index < -0.39 is 30.6 Å². The summed E-state index contributed by atoms with van der Waals surface area (Å²) in [6.45, 7) is -0.593. The molecule has 0 unspecified atom stereocenters. The molecule has 3 aliphatic heterocycles. The monoisotopic (exact) mass is 815 g/mol. The van der Waals surface area contributed by atoms with Gasteiger partial charge in [0.15, 0.2) is 23.9 Å². The second-order valence-corrected chi connectivity index (χ2v) is 14.9. The normalized spacial score (nSPS) is 19.6. The van der Waals surface area contributed by atoms with Crippen molar-refractivity contribution >= 4 is 41.0 Å². The van der Waals surface area contributed by atoms with E-state index in [1.165, 1.54) is 35.2 Å². The molecule has 2 atom stereocenters. The lowest BCUT2D eigenvalue weighted by Gasteiger charge is -2.44. The van der Waals surface area contributed by atoms with Gasteiger partial charge < -0.3 is 24.4 Å². The molecule has 2 N–H and O–H groups in total. The molecule has 8 rings (SSSR count). The van der Waals surface area contributed by atoms with E-state index in [1.807, 2.05) is 0 Å².